The third-order valence-corrected chi connectivity index (χ3v) is 4.91. The van der Waals surface area contributed by atoms with Crippen LogP contribution in [0.2, 0.25) is 0 Å². The summed E-state index contributed by atoms with van der Waals surface area (Å²) >= 11 is 0. The molecule has 1 fully saturated rings. The molecule has 0 radical (unpaired) electrons. The Morgan fingerprint density at radius 2 is 2.21 bits per heavy atom. The Bertz CT molecular complexity index is 738. The number of ether oxygens (including phenoxy) is 2. The van der Waals surface area contributed by atoms with Gasteiger partial charge < -0.3 is 24.3 Å². The van der Waals surface area contributed by atoms with E-state index in [9.17, 15) is 4.79 Å². The molecule has 2 aromatic rings. The first-order valence-corrected chi connectivity index (χ1v) is 9.97. The zero-order valence-electron chi connectivity index (χ0n) is 16.8. The first-order valence-electron chi connectivity index (χ1n) is 9.97. The number of hydrogen-bond acceptors (Lipinski definition) is 4. The summed E-state index contributed by atoms with van der Waals surface area (Å²) in [5, 5.41) is 2.98. The summed E-state index contributed by atoms with van der Waals surface area (Å²) in [7, 11) is 1.66. The van der Waals surface area contributed by atoms with Crippen molar-refractivity contribution in [3.05, 3.63) is 48.0 Å². The highest BCUT2D eigenvalue weighted by atomic mass is 16.5. The van der Waals surface area contributed by atoms with Gasteiger partial charge >= 0.3 is 6.03 Å². The van der Waals surface area contributed by atoms with Gasteiger partial charge in [-0.15, -0.1) is 0 Å². The standard InChI is InChI=1S/C21H30N4O3/c1-3-10-23-21(26)25(15-19-5-4-13-28-19)16-20-22-11-12-24(20)14-17-6-8-18(27-2)9-7-17/h6-9,11-12,19H,3-5,10,13-16H2,1-2H3,(H,23,26). The van der Waals surface area contributed by atoms with Crippen LogP contribution in [0.25, 0.3) is 0 Å². The van der Waals surface area contributed by atoms with Gasteiger partial charge in [0.05, 0.1) is 19.8 Å². The summed E-state index contributed by atoms with van der Waals surface area (Å²) in [6, 6.07) is 7.93. The van der Waals surface area contributed by atoms with Gasteiger partial charge in [0, 0.05) is 38.6 Å². The highest BCUT2D eigenvalue weighted by Crippen LogP contribution is 2.16. The summed E-state index contributed by atoms with van der Waals surface area (Å²) in [5.74, 6) is 1.70. The highest BCUT2D eigenvalue weighted by Gasteiger charge is 2.23. The van der Waals surface area contributed by atoms with Gasteiger partial charge in [-0.1, -0.05) is 19.1 Å². The average molecular weight is 386 g/mol. The number of nitrogens with one attached hydrogen (secondary N) is 1. The molecule has 7 nitrogen and oxygen atoms in total. The molecule has 28 heavy (non-hydrogen) atoms. The number of rotatable bonds is 9. The zero-order chi connectivity index (χ0) is 19.8. The number of carbonyl (C=O) groups excluding carboxylic acids is 1. The number of methoxy groups -OCH3 is 1. The molecule has 1 unspecified atom stereocenters. The van der Waals surface area contributed by atoms with Crippen molar-refractivity contribution < 1.29 is 14.3 Å². The van der Waals surface area contributed by atoms with Crippen molar-refractivity contribution in [2.24, 2.45) is 0 Å². The molecule has 2 amide bonds. The van der Waals surface area contributed by atoms with Gasteiger partial charge in [0.2, 0.25) is 0 Å². The van der Waals surface area contributed by atoms with Crippen LogP contribution in [0, 0.1) is 0 Å². The average Bonchev–Trinajstić information content (AvgIpc) is 3.38. The smallest absolute Gasteiger partial charge is 0.317 e. The second kappa shape index (κ2) is 10.1. The Morgan fingerprint density at radius 1 is 1.39 bits per heavy atom. The largest absolute Gasteiger partial charge is 0.497 e. The van der Waals surface area contributed by atoms with E-state index in [2.05, 4.69) is 14.9 Å². The molecule has 2 heterocycles. The van der Waals surface area contributed by atoms with Crippen LogP contribution in [0.3, 0.4) is 0 Å². The first-order chi connectivity index (χ1) is 13.7. The van der Waals surface area contributed by atoms with Gasteiger partial charge in [-0.3, -0.25) is 0 Å². The summed E-state index contributed by atoms with van der Waals surface area (Å²) in [6.45, 7) is 5.24. The maximum absolute atomic E-state index is 12.7. The number of hydrogen-bond donors (Lipinski definition) is 1. The van der Waals surface area contributed by atoms with Crippen LogP contribution in [0.5, 0.6) is 5.75 Å². The Balaban J connectivity index is 1.69. The molecule has 3 rings (SSSR count). The monoisotopic (exact) mass is 386 g/mol. The molecule has 152 valence electrons. The number of amides is 2. The Hall–Kier alpha value is -2.54. The van der Waals surface area contributed by atoms with Crippen LogP contribution in [-0.2, 0) is 17.8 Å². The predicted molar refractivity (Wildman–Crippen MR) is 107 cm³/mol. The van der Waals surface area contributed by atoms with Crippen LogP contribution in [0.15, 0.2) is 36.7 Å². The molecule has 1 aliphatic heterocycles. The van der Waals surface area contributed by atoms with Gasteiger partial charge in [-0.25, -0.2) is 9.78 Å². The highest BCUT2D eigenvalue weighted by molar-refractivity contribution is 5.74. The third kappa shape index (κ3) is 5.48. The van der Waals surface area contributed by atoms with Crippen LogP contribution in [0.4, 0.5) is 4.79 Å². The molecule has 0 aliphatic carbocycles. The van der Waals surface area contributed by atoms with E-state index in [1.807, 2.05) is 42.3 Å². The lowest BCUT2D eigenvalue weighted by molar-refractivity contribution is 0.0786. The second-order valence-electron chi connectivity index (χ2n) is 7.07. The third-order valence-electron chi connectivity index (χ3n) is 4.91. The van der Waals surface area contributed by atoms with Gasteiger partial charge in [0.15, 0.2) is 0 Å². The normalized spacial score (nSPS) is 16.1. The SMILES string of the molecule is CCCNC(=O)N(Cc1nccn1Cc1ccc(OC)cc1)CC1CCCO1. The minimum Gasteiger partial charge on any atom is -0.497 e. The summed E-state index contributed by atoms with van der Waals surface area (Å²) < 4.78 is 13.0. The summed E-state index contributed by atoms with van der Waals surface area (Å²) in [5.41, 5.74) is 1.15. The lowest BCUT2D eigenvalue weighted by atomic mass is 10.2. The van der Waals surface area contributed by atoms with Crippen LogP contribution in [0.1, 0.15) is 37.6 Å². The number of carbonyl (C=O) groups is 1. The lowest BCUT2D eigenvalue weighted by Crippen LogP contribution is -2.44. The quantitative estimate of drug-likeness (QED) is 0.719. The molecule has 0 spiro atoms. The summed E-state index contributed by atoms with van der Waals surface area (Å²) in [6.07, 6.45) is 6.81. The van der Waals surface area contributed by atoms with Crippen molar-refractivity contribution in [2.45, 2.75) is 45.4 Å². The van der Waals surface area contributed by atoms with Crippen LogP contribution < -0.4 is 10.1 Å². The minimum absolute atomic E-state index is 0.0589. The van der Waals surface area contributed by atoms with Crippen molar-refractivity contribution in [1.82, 2.24) is 19.8 Å². The molecule has 1 aromatic carbocycles. The van der Waals surface area contributed by atoms with Crippen molar-refractivity contribution in [3.63, 3.8) is 0 Å². The van der Waals surface area contributed by atoms with Crippen LogP contribution >= 0.6 is 0 Å². The van der Waals surface area contributed by atoms with Crippen molar-refractivity contribution in [2.75, 3.05) is 26.8 Å². The van der Waals surface area contributed by atoms with Gasteiger partial charge in [-0.2, -0.15) is 0 Å². The molecule has 1 aromatic heterocycles. The van der Waals surface area contributed by atoms with E-state index in [1.165, 1.54) is 0 Å². The Morgan fingerprint density at radius 3 is 2.89 bits per heavy atom. The van der Waals surface area contributed by atoms with Gasteiger partial charge in [0.1, 0.15) is 11.6 Å². The van der Waals surface area contributed by atoms with Gasteiger partial charge in [-0.05, 0) is 37.0 Å². The van der Waals surface area contributed by atoms with E-state index in [0.717, 1.165) is 43.0 Å². The molecular formula is C21H30N4O3. The fraction of sp³-hybridized carbons (Fsp3) is 0.524. The number of aromatic nitrogens is 2. The van der Waals surface area contributed by atoms with E-state index in [4.69, 9.17) is 9.47 Å². The van der Waals surface area contributed by atoms with Crippen molar-refractivity contribution in [3.8, 4) is 5.75 Å². The van der Waals surface area contributed by atoms with E-state index >= 15 is 0 Å². The van der Waals surface area contributed by atoms with E-state index in [1.54, 1.807) is 13.3 Å². The molecule has 0 saturated carbocycles. The topological polar surface area (TPSA) is 68.6 Å². The molecule has 1 N–H and O–H groups in total. The fourth-order valence-electron chi connectivity index (χ4n) is 3.33. The van der Waals surface area contributed by atoms with Crippen molar-refractivity contribution >= 4 is 6.03 Å². The Kier molecular flexibility index (Phi) is 7.31. The fourth-order valence-corrected chi connectivity index (χ4v) is 3.33. The maximum Gasteiger partial charge on any atom is 0.317 e. The van der Waals surface area contributed by atoms with Crippen molar-refractivity contribution in [1.29, 1.82) is 0 Å². The number of nitrogens with zero attached hydrogens (tertiary/aromatic N) is 3. The summed E-state index contributed by atoms with van der Waals surface area (Å²) in [4.78, 5) is 19.0. The number of urea groups is 1. The molecule has 7 heteroatoms. The number of imidazole rings is 1. The molecule has 1 saturated heterocycles. The lowest BCUT2D eigenvalue weighted by Gasteiger charge is -2.25. The number of benzene rings is 1. The maximum atomic E-state index is 12.7. The van der Waals surface area contributed by atoms with Gasteiger partial charge in [0.25, 0.3) is 0 Å². The molecule has 0 bridgehead atoms. The first kappa shape index (κ1) is 20.2. The second-order valence-corrected chi connectivity index (χ2v) is 7.07. The Labute approximate surface area is 166 Å². The molecular weight excluding hydrogens is 356 g/mol. The van der Waals surface area contributed by atoms with E-state index in [-0.39, 0.29) is 12.1 Å². The molecule has 1 atom stereocenters. The van der Waals surface area contributed by atoms with E-state index < -0.39 is 0 Å². The zero-order valence-corrected chi connectivity index (χ0v) is 16.8. The van der Waals surface area contributed by atoms with E-state index in [0.29, 0.717) is 26.2 Å². The minimum atomic E-state index is -0.0589. The molecule has 1 aliphatic rings. The van der Waals surface area contributed by atoms with Crippen LogP contribution in [-0.4, -0.2) is 53.4 Å². The predicted octanol–water partition coefficient (Wildman–Crippen LogP) is 3.04.